The van der Waals surface area contributed by atoms with Crippen LogP contribution in [0.2, 0.25) is 0 Å². The molecule has 1 heterocycles. The lowest BCUT2D eigenvalue weighted by Gasteiger charge is -2.26. The molecule has 1 amide bonds. The molecule has 0 fully saturated rings. The number of amides is 1. The van der Waals surface area contributed by atoms with E-state index in [1.54, 1.807) is 19.1 Å². The number of carboxylic acids is 1. The first-order valence-electron chi connectivity index (χ1n) is 13.1. The van der Waals surface area contributed by atoms with Gasteiger partial charge in [0, 0.05) is 28.9 Å². The Balaban J connectivity index is 1.56. The normalized spacial score (nSPS) is 12.4. The first kappa shape index (κ1) is 27.5. The summed E-state index contributed by atoms with van der Waals surface area (Å²) in [7, 11) is 1.96. The van der Waals surface area contributed by atoms with E-state index in [1.165, 1.54) is 0 Å². The number of aryl methyl sites for hydroxylation is 2. The number of carbonyl (C=O) groups excluding carboxylic acids is 1. The smallest absolute Gasteiger partial charge is 0.308 e. The number of nitrogens with zero attached hydrogens (tertiary/aromatic N) is 1. The topological polar surface area (TPSA) is 94.1 Å². The minimum Gasteiger partial charge on any atom is -0.481 e. The van der Waals surface area contributed by atoms with Gasteiger partial charge in [0.2, 0.25) is 0 Å². The van der Waals surface area contributed by atoms with Crippen molar-refractivity contribution in [1.29, 1.82) is 5.41 Å². The number of nitrogens with one attached hydrogen (secondary N) is 2. The number of carboxylic acid groups (broad SMARTS) is 1. The van der Waals surface area contributed by atoms with Crippen LogP contribution in [0.4, 0.5) is 0 Å². The zero-order valence-corrected chi connectivity index (χ0v) is 22.3. The van der Waals surface area contributed by atoms with Crippen LogP contribution in [0.1, 0.15) is 40.4 Å². The van der Waals surface area contributed by atoms with Gasteiger partial charge in [-0.3, -0.25) is 9.59 Å². The van der Waals surface area contributed by atoms with Gasteiger partial charge < -0.3 is 15.8 Å². The summed E-state index contributed by atoms with van der Waals surface area (Å²) in [6.07, 6.45) is 5.34. The Morgan fingerprint density at radius 3 is 2.26 bits per heavy atom. The van der Waals surface area contributed by atoms with Crippen molar-refractivity contribution < 1.29 is 19.3 Å². The molecule has 2 atom stereocenters. The van der Waals surface area contributed by atoms with Crippen molar-refractivity contribution in [2.24, 2.45) is 13.0 Å². The predicted molar refractivity (Wildman–Crippen MR) is 153 cm³/mol. The van der Waals surface area contributed by atoms with Crippen LogP contribution in [0.3, 0.4) is 0 Å². The summed E-state index contributed by atoms with van der Waals surface area (Å²) in [5.41, 5.74) is 5.61. The minimum absolute atomic E-state index is 0.250. The molecule has 3 aromatic carbocycles. The van der Waals surface area contributed by atoms with E-state index in [2.05, 4.69) is 5.32 Å². The van der Waals surface area contributed by atoms with E-state index < -0.39 is 17.9 Å². The van der Waals surface area contributed by atoms with Gasteiger partial charge in [0.1, 0.15) is 7.05 Å². The lowest BCUT2D eigenvalue weighted by molar-refractivity contribution is -0.671. The molecule has 0 aliphatic carbocycles. The molecule has 6 nitrogen and oxygen atoms in total. The summed E-state index contributed by atoms with van der Waals surface area (Å²) in [4.78, 5) is 25.9. The van der Waals surface area contributed by atoms with Crippen LogP contribution < -0.4 is 9.88 Å². The molecule has 1 unspecified atom stereocenters. The molecule has 0 spiro atoms. The van der Waals surface area contributed by atoms with Crippen LogP contribution in [-0.4, -0.2) is 28.7 Å². The van der Waals surface area contributed by atoms with E-state index in [0.717, 1.165) is 27.8 Å². The van der Waals surface area contributed by atoms with Crippen molar-refractivity contribution in [1.82, 2.24) is 5.32 Å². The van der Waals surface area contributed by atoms with Crippen molar-refractivity contribution in [2.45, 2.75) is 32.2 Å². The van der Waals surface area contributed by atoms with E-state index in [9.17, 15) is 14.7 Å². The van der Waals surface area contributed by atoms with Gasteiger partial charge in [-0.15, -0.1) is 0 Å². The standard InChI is InChI=1S/C33H33N3O3/c1-23(34)28-11-6-10-25(20-28)21-30(33(38)39)31(18-13-24-8-4-3-5-9-24)35-32(37)27-16-14-26(15-17-27)29-12-7-19-36(2)22-29/h3-12,14-17,19-20,22,30-31,34H,13,18,21H2,1-2H3,(H-,35,37,38,39)/p+1/t30-,31?/m1/s1. The summed E-state index contributed by atoms with van der Waals surface area (Å²) in [6, 6.07) is 28.0. The van der Waals surface area contributed by atoms with Gasteiger partial charge in [-0.25, -0.2) is 4.57 Å². The zero-order chi connectivity index (χ0) is 27.8. The SMILES string of the molecule is CC(=N)c1cccc(C[C@@H](C(=O)O)C(CCc2ccccc2)NC(=O)c2ccc(-c3ccc[n+](C)c3)cc2)c1. The van der Waals surface area contributed by atoms with E-state index in [4.69, 9.17) is 5.41 Å². The van der Waals surface area contributed by atoms with Gasteiger partial charge in [0.25, 0.3) is 5.91 Å². The molecule has 6 heteroatoms. The number of benzene rings is 3. The van der Waals surface area contributed by atoms with Crippen molar-refractivity contribution >= 4 is 17.6 Å². The maximum Gasteiger partial charge on any atom is 0.308 e. The number of rotatable bonds is 11. The molecule has 0 aliphatic heterocycles. The largest absolute Gasteiger partial charge is 0.481 e. The van der Waals surface area contributed by atoms with Crippen LogP contribution in [0.15, 0.2) is 103 Å². The number of hydrogen-bond donors (Lipinski definition) is 3. The van der Waals surface area contributed by atoms with E-state index in [-0.39, 0.29) is 12.3 Å². The Kier molecular flexibility index (Phi) is 9.00. The van der Waals surface area contributed by atoms with Crippen LogP contribution in [-0.2, 0) is 24.7 Å². The van der Waals surface area contributed by atoms with Crippen LogP contribution in [0.25, 0.3) is 11.1 Å². The summed E-state index contributed by atoms with van der Waals surface area (Å²) < 4.78 is 1.97. The van der Waals surface area contributed by atoms with Gasteiger partial charge in [0.15, 0.2) is 12.4 Å². The summed E-state index contributed by atoms with van der Waals surface area (Å²) in [5.74, 6) is -2.09. The van der Waals surface area contributed by atoms with Gasteiger partial charge in [-0.2, -0.15) is 0 Å². The average Bonchev–Trinajstić information content (AvgIpc) is 2.94. The minimum atomic E-state index is -0.961. The Morgan fingerprint density at radius 1 is 0.872 bits per heavy atom. The zero-order valence-electron chi connectivity index (χ0n) is 22.3. The van der Waals surface area contributed by atoms with E-state index >= 15 is 0 Å². The molecule has 0 bridgehead atoms. The van der Waals surface area contributed by atoms with Crippen LogP contribution in [0, 0.1) is 11.3 Å². The summed E-state index contributed by atoms with van der Waals surface area (Å²) in [5, 5.41) is 21.2. The first-order chi connectivity index (χ1) is 18.8. The Hall–Kier alpha value is -4.58. The Morgan fingerprint density at radius 2 is 1.59 bits per heavy atom. The monoisotopic (exact) mass is 520 g/mol. The van der Waals surface area contributed by atoms with Crippen LogP contribution in [0.5, 0.6) is 0 Å². The second-order valence-electron chi connectivity index (χ2n) is 9.91. The molecule has 4 aromatic rings. The number of hydrogen-bond acceptors (Lipinski definition) is 3. The fourth-order valence-electron chi connectivity index (χ4n) is 4.75. The fourth-order valence-corrected chi connectivity index (χ4v) is 4.75. The lowest BCUT2D eigenvalue weighted by atomic mass is 9.87. The molecule has 0 saturated carbocycles. The third kappa shape index (κ3) is 7.48. The molecular formula is C33H34N3O3+. The second kappa shape index (κ2) is 12.8. The summed E-state index contributed by atoms with van der Waals surface area (Å²) in [6.45, 7) is 1.71. The maximum atomic E-state index is 13.4. The molecule has 3 N–H and O–H groups in total. The molecular weight excluding hydrogens is 486 g/mol. The quantitative estimate of drug-likeness (QED) is 0.186. The van der Waals surface area contributed by atoms with Gasteiger partial charge in [-0.1, -0.05) is 60.7 Å². The predicted octanol–water partition coefficient (Wildman–Crippen LogP) is 5.24. The maximum absolute atomic E-state index is 13.4. The fraction of sp³-hybridized carbons (Fsp3) is 0.212. The molecule has 4 rings (SSSR count). The third-order valence-corrected chi connectivity index (χ3v) is 6.94. The van der Waals surface area contributed by atoms with Crippen LogP contribution >= 0.6 is 0 Å². The second-order valence-corrected chi connectivity index (χ2v) is 9.91. The highest BCUT2D eigenvalue weighted by molar-refractivity contribution is 5.96. The average molecular weight is 521 g/mol. The van der Waals surface area contributed by atoms with Crippen molar-refractivity contribution in [3.05, 3.63) is 126 Å². The number of aromatic nitrogens is 1. The Bertz CT molecular complexity index is 1450. The lowest BCUT2D eigenvalue weighted by Crippen LogP contribution is -2.44. The third-order valence-electron chi connectivity index (χ3n) is 6.94. The molecule has 0 aliphatic rings. The Labute approximate surface area is 229 Å². The highest BCUT2D eigenvalue weighted by Crippen LogP contribution is 2.21. The molecule has 39 heavy (non-hydrogen) atoms. The highest BCUT2D eigenvalue weighted by atomic mass is 16.4. The van der Waals surface area contributed by atoms with Gasteiger partial charge in [-0.05, 0) is 72.7 Å². The van der Waals surface area contributed by atoms with Gasteiger partial charge >= 0.3 is 5.97 Å². The number of carbonyl (C=O) groups is 2. The number of aliphatic carboxylic acids is 1. The molecule has 1 aromatic heterocycles. The summed E-state index contributed by atoms with van der Waals surface area (Å²) >= 11 is 0. The van der Waals surface area contributed by atoms with Crippen molar-refractivity contribution in [3.63, 3.8) is 0 Å². The molecule has 0 saturated heterocycles. The van der Waals surface area contributed by atoms with Crippen molar-refractivity contribution in [2.75, 3.05) is 0 Å². The first-order valence-corrected chi connectivity index (χ1v) is 13.1. The van der Waals surface area contributed by atoms with E-state index in [0.29, 0.717) is 24.1 Å². The molecule has 0 radical (unpaired) electrons. The highest BCUT2D eigenvalue weighted by Gasteiger charge is 2.30. The number of pyridine rings is 1. The van der Waals surface area contributed by atoms with Crippen molar-refractivity contribution in [3.8, 4) is 11.1 Å². The van der Waals surface area contributed by atoms with Gasteiger partial charge in [0.05, 0.1) is 5.92 Å². The molecule has 198 valence electrons. The van der Waals surface area contributed by atoms with E-state index in [1.807, 2.05) is 103 Å².